The molecule has 11 heteroatoms. The number of hydrogen-bond acceptors (Lipinski definition) is 9. The van der Waals surface area contributed by atoms with Crippen LogP contribution in [0.4, 0.5) is 11.5 Å². The maximum absolute atomic E-state index is 13.8. The smallest absolute Gasteiger partial charge is 0.246 e. The standard InChI is InChI=1S/C32H42N6O5/c1-19(33-5)30(40)37-28(32(2,3)4)31(41)38-14-8-9-25(38)26(39)16-20-15-23-24(17-27(20)43-7)34-18-35-29(23)36-21-10-12-22(42-6)13-11-21/h10-13,15,17-19,25,28,33H,8-9,14,16H2,1-7H3,(H,37,40)(H,34,35,36)/t19-,25-,28+/m0/s1. The first kappa shape index (κ1) is 31.7. The van der Waals surface area contributed by atoms with E-state index < -0.39 is 23.5 Å². The second kappa shape index (κ2) is 13.4. The number of nitrogens with one attached hydrogen (secondary N) is 3. The number of anilines is 2. The average Bonchev–Trinajstić information content (AvgIpc) is 3.49. The Morgan fingerprint density at radius 3 is 2.42 bits per heavy atom. The summed E-state index contributed by atoms with van der Waals surface area (Å²) in [6, 6.07) is 9.32. The molecule has 43 heavy (non-hydrogen) atoms. The molecule has 0 aliphatic carbocycles. The molecule has 230 valence electrons. The fourth-order valence-corrected chi connectivity index (χ4v) is 5.25. The highest BCUT2D eigenvalue weighted by molar-refractivity contribution is 5.97. The molecule has 2 aromatic carbocycles. The van der Waals surface area contributed by atoms with Gasteiger partial charge in [0.25, 0.3) is 0 Å². The largest absolute Gasteiger partial charge is 0.497 e. The van der Waals surface area contributed by atoms with E-state index in [1.807, 2.05) is 51.1 Å². The number of ether oxygens (including phenoxy) is 2. The van der Waals surface area contributed by atoms with Gasteiger partial charge in [0.1, 0.15) is 29.7 Å². The molecular formula is C32H42N6O5. The highest BCUT2D eigenvalue weighted by Gasteiger charge is 2.42. The number of Topliss-reactive ketones (excluding diaryl/α,β-unsaturated/α-hetero) is 1. The number of amides is 2. The van der Waals surface area contributed by atoms with Gasteiger partial charge in [-0.15, -0.1) is 0 Å². The molecule has 1 aromatic heterocycles. The van der Waals surface area contributed by atoms with Gasteiger partial charge in [-0.1, -0.05) is 20.8 Å². The first-order valence-electron chi connectivity index (χ1n) is 14.5. The van der Waals surface area contributed by atoms with E-state index in [1.54, 1.807) is 39.2 Å². The number of likely N-dealkylation sites (N-methyl/N-ethyl adjacent to an activating group) is 1. The van der Waals surface area contributed by atoms with E-state index in [2.05, 4.69) is 25.9 Å². The zero-order valence-corrected chi connectivity index (χ0v) is 26.0. The summed E-state index contributed by atoms with van der Waals surface area (Å²) < 4.78 is 10.9. The van der Waals surface area contributed by atoms with Crippen molar-refractivity contribution < 1.29 is 23.9 Å². The third-order valence-corrected chi connectivity index (χ3v) is 7.89. The lowest BCUT2D eigenvalue weighted by Gasteiger charge is -2.36. The Balaban J connectivity index is 1.59. The van der Waals surface area contributed by atoms with Crippen molar-refractivity contribution in [3.63, 3.8) is 0 Å². The second-order valence-corrected chi connectivity index (χ2v) is 11.9. The molecule has 2 heterocycles. The average molecular weight is 591 g/mol. The van der Waals surface area contributed by atoms with Gasteiger partial charge in [0.05, 0.1) is 31.8 Å². The Hall–Kier alpha value is -4.25. The van der Waals surface area contributed by atoms with Crippen LogP contribution in [0.3, 0.4) is 0 Å². The maximum Gasteiger partial charge on any atom is 0.246 e. The highest BCUT2D eigenvalue weighted by atomic mass is 16.5. The molecule has 1 fully saturated rings. The summed E-state index contributed by atoms with van der Waals surface area (Å²) in [6.07, 6.45) is 2.81. The van der Waals surface area contributed by atoms with Gasteiger partial charge in [-0.05, 0) is 62.6 Å². The van der Waals surface area contributed by atoms with Crippen LogP contribution in [0.5, 0.6) is 11.5 Å². The van der Waals surface area contributed by atoms with Crippen LogP contribution in [0.15, 0.2) is 42.7 Å². The molecule has 0 saturated carbocycles. The molecule has 1 saturated heterocycles. The number of carbonyl (C=O) groups excluding carboxylic acids is 3. The zero-order chi connectivity index (χ0) is 31.3. The van der Waals surface area contributed by atoms with Gasteiger partial charge in [0.2, 0.25) is 11.8 Å². The summed E-state index contributed by atoms with van der Waals surface area (Å²) in [7, 11) is 4.86. The molecule has 0 bridgehead atoms. The Labute approximate surface area is 252 Å². The van der Waals surface area contributed by atoms with Crippen LogP contribution in [0, 0.1) is 5.41 Å². The SMILES string of the molecule is CN[C@@H](C)C(=O)N[C@H](C(=O)N1CCC[C@H]1C(=O)Cc1cc2c(Nc3ccc(OC)cc3)ncnc2cc1OC)C(C)(C)C. The van der Waals surface area contributed by atoms with Crippen LogP contribution < -0.4 is 25.4 Å². The lowest BCUT2D eigenvalue weighted by Crippen LogP contribution is -2.58. The Morgan fingerprint density at radius 2 is 1.79 bits per heavy atom. The number of fused-ring (bicyclic) bond motifs is 1. The Morgan fingerprint density at radius 1 is 1.07 bits per heavy atom. The number of likely N-dealkylation sites (tertiary alicyclic amines) is 1. The predicted octanol–water partition coefficient (Wildman–Crippen LogP) is 3.63. The van der Waals surface area contributed by atoms with E-state index in [1.165, 1.54) is 6.33 Å². The topological polar surface area (TPSA) is 135 Å². The summed E-state index contributed by atoms with van der Waals surface area (Å²) in [5.74, 6) is 1.26. The van der Waals surface area contributed by atoms with Crippen LogP contribution in [0.1, 0.15) is 46.1 Å². The van der Waals surface area contributed by atoms with Crippen molar-refractivity contribution in [2.24, 2.45) is 5.41 Å². The molecule has 2 amide bonds. The summed E-state index contributed by atoms with van der Waals surface area (Å²) in [4.78, 5) is 50.9. The molecule has 4 rings (SSSR count). The minimum Gasteiger partial charge on any atom is -0.497 e. The van der Waals surface area contributed by atoms with E-state index >= 15 is 0 Å². The number of ketones is 1. The van der Waals surface area contributed by atoms with Crippen molar-refractivity contribution in [1.82, 2.24) is 25.5 Å². The third-order valence-electron chi connectivity index (χ3n) is 7.89. The van der Waals surface area contributed by atoms with E-state index in [4.69, 9.17) is 9.47 Å². The van der Waals surface area contributed by atoms with Crippen molar-refractivity contribution in [2.45, 2.75) is 65.1 Å². The summed E-state index contributed by atoms with van der Waals surface area (Å²) in [5, 5.41) is 9.88. The van der Waals surface area contributed by atoms with Crippen LogP contribution in [-0.2, 0) is 20.8 Å². The Bertz CT molecular complexity index is 1470. The second-order valence-electron chi connectivity index (χ2n) is 11.9. The van der Waals surface area contributed by atoms with Gasteiger partial charge in [-0.3, -0.25) is 14.4 Å². The number of benzene rings is 2. The van der Waals surface area contributed by atoms with Crippen molar-refractivity contribution in [3.05, 3.63) is 48.3 Å². The van der Waals surface area contributed by atoms with E-state index in [9.17, 15) is 14.4 Å². The number of carbonyl (C=O) groups is 3. The number of rotatable bonds is 11. The lowest BCUT2D eigenvalue weighted by molar-refractivity contribution is -0.143. The number of hydrogen-bond donors (Lipinski definition) is 3. The number of methoxy groups -OCH3 is 2. The van der Waals surface area contributed by atoms with Crippen LogP contribution in [-0.4, -0.2) is 78.4 Å². The first-order chi connectivity index (χ1) is 20.5. The molecule has 0 unspecified atom stereocenters. The van der Waals surface area contributed by atoms with Gasteiger partial charge in [0, 0.05) is 35.7 Å². The van der Waals surface area contributed by atoms with Crippen molar-refractivity contribution in [1.29, 1.82) is 0 Å². The van der Waals surface area contributed by atoms with E-state index in [0.717, 1.165) is 16.8 Å². The normalized spacial score (nSPS) is 16.4. The zero-order valence-electron chi connectivity index (χ0n) is 26.0. The minimum atomic E-state index is -0.775. The van der Waals surface area contributed by atoms with Gasteiger partial charge < -0.3 is 30.3 Å². The minimum absolute atomic E-state index is 0.0633. The van der Waals surface area contributed by atoms with E-state index in [-0.39, 0.29) is 24.0 Å². The third kappa shape index (κ3) is 7.22. The monoisotopic (exact) mass is 590 g/mol. The lowest BCUT2D eigenvalue weighted by atomic mass is 9.85. The predicted molar refractivity (Wildman–Crippen MR) is 166 cm³/mol. The van der Waals surface area contributed by atoms with Crippen molar-refractivity contribution in [2.75, 3.05) is 33.1 Å². The van der Waals surface area contributed by atoms with Crippen molar-refractivity contribution >= 4 is 40.0 Å². The van der Waals surface area contributed by atoms with Crippen LogP contribution in [0.25, 0.3) is 10.9 Å². The molecule has 1 aliphatic heterocycles. The van der Waals surface area contributed by atoms with Crippen molar-refractivity contribution in [3.8, 4) is 11.5 Å². The molecule has 3 atom stereocenters. The van der Waals surface area contributed by atoms with Crippen LogP contribution in [0.2, 0.25) is 0 Å². The molecule has 0 radical (unpaired) electrons. The summed E-state index contributed by atoms with van der Waals surface area (Å²) >= 11 is 0. The van der Waals surface area contributed by atoms with Gasteiger partial charge >= 0.3 is 0 Å². The number of aromatic nitrogens is 2. The summed E-state index contributed by atoms with van der Waals surface area (Å²) in [6.45, 7) is 7.92. The summed E-state index contributed by atoms with van der Waals surface area (Å²) in [5.41, 5.74) is 1.61. The maximum atomic E-state index is 13.8. The van der Waals surface area contributed by atoms with Crippen LogP contribution >= 0.6 is 0 Å². The Kier molecular flexibility index (Phi) is 9.85. The molecule has 11 nitrogen and oxygen atoms in total. The van der Waals surface area contributed by atoms with E-state index in [0.29, 0.717) is 42.0 Å². The molecule has 3 aromatic rings. The fourth-order valence-electron chi connectivity index (χ4n) is 5.25. The highest BCUT2D eigenvalue weighted by Crippen LogP contribution is 2.32. The molecule has 1 aliphatic rings. The molecule has 3 N–H and O–H groups in total. The van der Waals surface area contributed by atoms with Gasteiger partial charge in [-0.2, -0.15) is 0 Å². The molecular weight excluding hydrogens is 548 g/mol. The quantitative estimate of drug-likeness (QED) is 0.306. The van der Waals surface area contributed by atoms with Gasteiger partial charge in [0.15, 0.2) is 5.78 Å². The number of nitrogens with zero attached hydrogens (tertiary/aromatic N) is 3. The molecule has 0 spiro atoms. The first-order valence-corrected chi connectivity index (χ1v) is 14.5. The fraction of sp³-hybridized carbons (Fsp3) is 0.469. The van der Waals surface area contributed by atoms with Gasteiger partial charge in [-0.25, -0.2) is 9.97 Å².